The van der Waals surface area contributed by atoms with Crippen LogP contribution in [0.3, 0.4) is 0 Å². The predicted molar refractivity (Wildman–Crippen MR) is 50.8 cm³/mol. The molecule has 2 nitrogen and oxygen atoms in total. The molecule has 0 bridgehead atoms. The number of aliphatic hydroxyl groups is 1. The number of ether oxygens (including phenoxy) is 1. The van der Waals surface area contributed by atoms with Gasteiger partial charge < -0.3 is 9.84 Å². The standard InChI is InChI=1S/C11H13FO2/c1-11(2,13)8-3-4-9-7(10(8)12)5-6-14-9/h3-4,13H,5-6H2,1-2H3. The van der Waals surface area contributed by atoms with Gasteiger partial charge in [-0.2, -0.15) is 0 Å². The van der Waals surface area contributed by atoms with Gasteiger partial charge in [0.2, 0.25) is 0 Å². The van der Waals surface area contributed by atoms with Crippen molar-refractivity contribution in [1.82, 2.24) is 0 Å². The van der Waals surface area contributed by atoms with E-state index < -0.39 is 5.60 Å². The van der Waals surface area contributed by atoms with E-state index >= 15 is 0 Å². The maximum Gasteiger partial charge on any atom is 0.136 e. The highest BCUT2D eigenvalue weighted by Crippen LogP contribution is 2.33. The molecule has 0 saturated heterocycles. The summed E-state index contributed by atoms with van der Waals surface area (Å²) in [4.78, 5) is 0. The summed E-state index contributed by atoms with van der Waals surface area (Å²) >= 11 is 0. The predicted octanol–water partition coefficient (Wildman–Crippen LogP) is 1.99. The molecule has 1 aromatic rings. The average Bonchev–Trinajstić information content (AvgIpc) is 2.50. The van der Waals surface area contributed by atoms with E-state index in [2.05, 4.69) is 0 Å². The molecule has 1 N–H and O–H groups in total. The zero-order chi connectivity index (χ0) is 10.3. The van der Waals surface area contributed by atoms with Crippen molar-refractivity contribution in [1.29, 1.82) is 0 Å². The Kier molecular flexibility index (Phi) is 2.00. The third-order valence-electron chi connectivity index (χ3n) is 2.47. The lowest BCUT2D eigenvalue weighted by molar-refractivity contribution is 0.0744. The SMILES string of the molecule is CC(C)(O)c1ccc2c(c1F)CCO2. The Labute approximate surface area is 82.3 Å². The Balaban J connectivity index is 2.56. The highest BCUT2D eigenvalue weighted by atomic mass is 19.1. The fourth-order valence-electron chi connectivity index (χ4n) is 1.71. The molecular formula is C11H13FO2. The Morgan fingerprint density at radius 1 is 1.43 bits per heavy atom. The molecule has 1 aliphatic heterocycles. The van der Waals surface area contributed by atoms with E-state index in [9.17, 15) is 9.50 Å². The van der Waals surface area contributed by atoms with Crippen molar-refractivity contribution in [3.63, 3.8) is 0 Å². The molecule has 1 aromatic carbocycles. The quantitative estimate of drug-likeness (QED) is 0.744. The summed E-state index contributed by atoms with van der Waals surface area (Å²) in [5, 5.41) is 9.72. The van der Waals surface area contributed by atoms with E-state index in [1.165, 1.54) is 0 Å². The van der Waals surface area contributed by atoms with Gasteiger partial charge in [-0.05, 0) is 26.0 Å². The molecule has 14 heavy (non-hydrogen) atoms. The first-order valence-electron chi connectivity index (χ1n) is 4.67. The lowest BCUT2D eigenvalue weighted by Crippen LogP contribution is -2.18. The van der Waals surface area contributed by atoms with Gasteiger partial charge in [0.15, 0.2) is 0 Å². The summed E-state index contributed by atoms with van der Waals surface area (Å²) in [7, 11) is 0. The summed E-state index contributed by atoms with van der Waals surface area (Å²) in [6.45, 7) is 3.68. The number of rotatable bonds is 1. The molecule has 0 atom stereocenters. The van der Waals surface area contributed by atoms with Crippen LogP contribution in [0.2, 0.25) is 0 Å². The van der Waals surface area contributed by atoms with Crippen LogP contribution in [0, 0.1) is 5.82 Å². The van der Waals surface area contributed by atoms with E-state index in [4.69, 9.17) is 4.74 Å². The summed E-state index contributed by atoms with van der Waals surface area (Å²) in [6.07, 6.45) is 0.588. The minimum atomic E-state index is -1.14. The zero-order valence-electron chi connectivity index (χ0n) is 8.30. The molecule has 0 unspecified atom stereocenters. The van der Waals surface area contributed by atoms with Crippen molar-refractivity contribution < 1.29 is 14.2 Å². The number of benzene rings is 1. The summed E-state index contributed by atoms with van der Waals surface area (Å²) in [5.41, 5.74) is -0.215. The van der Waals surface area contributed by atoms with E-state index in [-0.39, 0.29) is 5.82 Å². The number of hydrogen-bond acceptors (Lipinski definition) is 2. The van der Waals surface area contributed by atoms with Crippen molar-refractivity contribution in [3.8, 4) is 5.75 Å². The van der Waals surface area contributed by atoms with Crippen LogP contribution in [-0.4, -0.2) is 11.7 Å². The molecule has 2 rings (SSSR count). The molecule has 0 amide bonds. The third-order valence-corrected chi connectivity index (χ3v) is 2.47. The minimum absolute atomic E-state index is 0.326. The van der Waals surface area contributed by atoms with Crippen LogP contribution in [0.5, 0.6) is 5.75 Å². The van der Waals surface area contributed by atoms with Gasteiger partial charge in [-0.3, -0.25) is 0 Å². The van der Waals surface area contributed by atoms with Gasteiger partial charge in [-0.1, -0.05) is 0 Å². The molecule has 0 fully saturated rings. The smallest absolute Gasteiger partial charge is 0.136 e. The molecule has 0 spiro atoms. The fourth-order valence-corrected chi connectivity index (χ4v) is 1.71. The Bertz CT molecular complexity index is 366. The molecule has 0 aliphatic carbocycles. The van der Waals surface area contributed by atoms with Crippen molar-refractivity contribution in [2.24, 2.45) is 0 Å². The minimum Gasteiger partial charge on any atom is -0.493 e. The molecule has 3 heteroatoms. The number of halogens is 1. The monoisotopic (exact) mass is 196 g/mol. The van der Waals surface area contributed by atoms with Crippen LogP contribution in [0.25, 0.3) is 0 Å². The van der Waals surface area contributed by atoms with Crippen LogP contribution >= 0.6 is 0 Å². The van der Waals surface area contributed by atoms with Crippen molar-refractivity contribution in [2.45, 2.75) is 25.9 Å². The lowest BCUT2D eigenvalue weighted by Gasteiger charge is -2.19. The molecule has 0 saturated carbocycles. The van der Waals surface area contributed by atoms with Gasteiger partial charge >= 0.3 is 0 Å². The second-order valence-electron chi connectivity index (χ2n) is 4.06. The first-order valence-corrected chi connectivity index (χ1v) is 4.67. The van der Waals surface area contributed by atoms with Gasteiger partial charge in [-0.15, -0.1) is 0 Å². The highest BCUT2D eigenvalue weighted by Gasteiger charge is 2.26. The molecule has 1 aliphatic rings. The van der Waals surface area contributed by atoms with Gasteiger partial charge in [0, 0.05) is 17.5 Å². The van der Waals surface area contributed by atoms with E-state index in [0.29, 0.717) is 29.9 Å². The van der Waals surface area contributed by atoms with E-state index in [0.717, 1.165) is 0 Å². The summed E-state index contributed by atoms with van der Waals surface area (Å²) in [5.74, 6) is 0.281. The topological polar surface area (TPSA) is 29.5 Å². The second-order valence-corrected chi connectivity index (χ2v) is 4.06. The molecular weight excluding hydrogens is 183 g/mol. The first kappa shape index (κ1) is 9.46. The molecule has 0 radical (unpaired) electrons. The van der Waals surface area contributed by atoms with Gasteiger partial charge in [-0.25, -0.2) is 4.39 Å². The zero-order valence-corrected chi connectivity index (χ0v) is 8.30. The van der Waals surface area contributed by atoms with Crippen molar-refractivity contribution >= 4 is 0 Å². The largest absolute Gasteiger partial charge is 0.493 e. The van der Waals surface area contributed by atoms with Crippen LogP contribution in [-0.2, 0) is 12.0 Å². The second kappa shape index (κ2) is 2.95. The summed E-state index contributed by atoms with van der Waals surface area (Å²) in [6, 6.07) is 3.30. The summed E-state index contributed by atoms with van der Waals surface area (Å²) < 4.78 is 19.1. The average molecular weight is 196 g/mol. The number of hydrogen-bond donors (Lipinski definition) is 1. The lowest BCUT2D eigenvalue weighted by atomic mass is 9.95. The Morgan fingerprint density at radius 3 is 2.79 bits per heavy atom. The molecule has 76 valence electrons. The van der Waals surface area contributed by atoms with Gasteiger partial charge in [0.25, 0.3) is 0 Å². The van der Waals surface area contributed by atoms with Crippen LogP contribution in [0.15, 0.2) is 12.1 Å². The van der Waals surface area contributed by atoms with Crippen LogP contribution in [0.4, 0.5) is 4.39 Å². The molecule has 1 heterocycles. The fraction of sp³-hybridized carbons (Fsp3) is 0.455. The van der Waals surface area contributed by atoms with Gasteiger partial charge in [0.05, 0.1) is 12.2 Å². The third kappa shape index (κ3) is 1.38. The maximum atomic E-state index is 13.8. The van der Waals surface area contributed by atoms with Crippen LogP contribution < -0.4 is 4.74 Å². The van der Waals surface area contributed by atoms with Gasteiger partial charge in [0.1, 0.15) is 11.6 Å². The Hall–Kier alpha value is -1.09. The Morgan fingerprint density at radius 2 is 2.14 bits per heavy atom. The van der Waals surface area contributed by atoms with Crippen molar-refractivity contribution in [2.75, 3.05) is 6.61 Å². The normalized spacial score (nSPS) is 15.1. The van der Waals surface area contributed by atoms with Crippen molar-refractivity contribution in [3.05, 3.63) is 29.1 Å². The molecule has 0 aromatic heterocycles. The maximum absolute atomic E-state index is 13.8. The first-order chi connectivity index (χ1) is 6.50. The van der Waals surface area contributed by atoms with E-state index in [1.807, 2.05) is 0 Å². The highest BCUT2D eigenvalue weighted by molar-refractivity contribution is 5.42. The van der Waals surface area contributed by atoms with Crippen LogP contribution in [0.1, 0.15) is 25.0 Å². The number of fused-ring (bicyclic) bond motifs is 1. The van der Waals surface area contributed by atoms with E-state index in [1.54, 1.807) is 26.0 Å².